The predicted octanol–water partition coefficient (Wildman–Crippen LogP) is 5.98. The number of fused-ring (bicyclic) bond motifs is 1. The number of benzene rings is 2. The van der Waals surface area contributed by atoms with Crippen molar-refractivity contribution in [2.24, 2.45) is 0 Å². The lowest BCUT2D eigenvalue weighted by molar-refractivity contribution is 0.102. The molecule has 0 saturated carbocycles. The summed E-state index contributed by atoms with van der Waals surface area (Å²) in [7, 11) is 1.56. The Morgan fingerprint density at radius 2 is 1.94 bits per heavy atom. The van der Waals surface area contributed by atoms with E-state index in [-0.39, 0.29) is 19.1 Å². The molecule has 0 atom stereocenters. The second kappa shape index (κ2) is 10.9. The van der Waals surface area contributed by atoms with Gasteiger partial charge >= 0.3 is 6.16 Å². The molecule has 0 saturated heterocycles. The highest BCUT2D eigenvalue weighted by molar-refractivity contribution is 7.17. The molecule has 0 aliphatic rings. The minimum absolute atomic E-state index is 0.226. The molecule has 0 fully saturated rings. The van der Waals surface area contributed by atoms with Crippen LogP contribution >= 0.6 is 11.3 Å². The van der Waals surface area contributed by atoms with Gasteiger partial charge in [-0.2, -0.15) is 0 Å². The summed E-state index contributed by atoms with van der Waals surface area (Å²) in [6.45, 7) is 4.15. The van der Waals surface area contributed by atoms with Gasteiger partial charge in [-0.25, -0.2) is 4.79 Å². The largest absolute Gasteiger partial charge is 0.513 e. The first kappa shape index (κ1) is 24.0. The van der Waals surface area contributed by atoms with Crippen molar-refractivity contribution in [3.63, 3.8) is 0 Å². The lowest BCUT2D eigenvalue weighted by atomic mass is 10.1. The first-order chi connectivity index (χ1) is 17.0. The summed E-state index contributed by atoms with van der Waals surface area (Å²) in [4.78, 5) is 28.6. The Balaban J connectivity index is 1.48. The molecule has 0 aliphatic carbocycles. The van der Waals surface area contributed by atoms with Crippen LogP contribution in [0, 0.1) is 6.92 Å². The maximum absolute atomic E-state index is 12.7. The molecular formula is C26H24N2O6S. The van der Waals surface area contributed by atoms with Crippen molar-refractivity contribution >= 4 is 39.2 Å². The van der Waals surface area contributed by atoms with E-state index in [1.807, 2.05) is 24.4 Å². The fraction of sp³-hybridized carbons (Fsp3) is 0.192. The number of nitrogens with zero attached hydrogens (tertiary/aromatic N) is 1. The highest BCUT2D eigenvalue weighted by Crippen LogP contribution is 2.34. The zero-order valence-electron chi connectivity index (χ0n) is 19.5. The summed E-state index contributed by atoms with van der Waals surface area (Å²) < 4.78 is 22.2. The number of hydrogen-bond donors (Lipinski definition) is 1. The Morgan fingerprint density at radius 1 is 1.09 bits per heavy atom. The summed E-state index contributed by atoms with van der Waals surface area (Å²) in [5, 5.41) is 5.66. The molecule has 8 nitrogen and oxygen atoms in total. The van der Waals surface area contributed by atoms with E-state index in [0.717, 1.165) is 21.2 Å². The second-order valence-electron chi connectivity index (χ2n) is 7.52. The van der Waals surface area contributed by atoms with E-state index in [2.05, 4.69) is 10.3 Å². The van der Waals surface area contributed by atoms with Crippen LogP contribution in [0.4, 0.5) is 10.5 Å². The molecule has 35 heavy (non-hydrogen) atoms. The molecule has 0 bridgehead atoms. The van der Waals surface area contributed by atoms with Crippen molar-refractivity contribution in [3.05, 3.63) is 76.9 Å². The highest BCUT2D eigenvalue weighted by atomic mass is 32.1. The molecule has 1 N–H and O–H groups in total. The zero-order valence-corrected chi connectivity index (χ0v) is 20.3. The normalized spacial score (nSPS) is 10.6. The van der Waals surface area contributed by atoms with E-state index in [1.54, 1.807) is 50.6 Å². The van der Waals surface area contributed by atoms with Gasteiger partial charge in [-0.05, 0) is 49.1 Å². The number of aromatic nitrogens is 1. The number of rotatable bonds is 8. The second-order valence-corrected chi connectivity index (χ2v) is 8.40. The first-order valence-corrected chi connectivity index (χ1v) is 11.7. The van der Waals surface area contributed by atoms with E-state index in [4.69, 9.17) is 18.9 Å². The predicted molar refractivity (Wildman–Crippen MR) is 134 cm³/mol. The smallest absolute Gasteiger partial charge is 0.497 e. The van der Waals surface area contributed by atoms with Gasteiger partial charge in [-0.15, -0.1) is 11.3 Å². The molecule has 2 heterocycles. The lowest BCUT2D eigenvalue weighted by Gasteiger charge is -2.12. The molecule has 2 aromatic carbocycles. The number of pyridine rings is 1. The fourth-order valence-corrected chi connectivity index (χ4v) is 4.33. The highest BCUT2D eigenvalue weighted by Gasteiger charge is 2.15. The SMILES string of the molecule is CCOC(=O)Oc1cncc2c(COc3cc(NC(=O)c4cccc(OC)c4)ccc3C)csc12. The van der Waals surface area contributed by atoms with Gasteiger partial charge in [-0.3, -0.25) is 9.78 Å². The van der Waals surface area contributed by atoms with E-state index in [0.29, 0.717) is 28.5 Å². The average Bonchev–Trinajstić information content (AvgIpc) is 3.28. The topological polar surface area (TPSA) is 96.0 Å². The number of carbonyl (C=O) groups is 2. The maximum atomic E-state index is 12.7. The number of ether oxygens (including phenoxy) is 4. The molecule has 180 valence electrons. The number of amides is 1. The number of aryl methyl sites for hydroxylation is 1. The van der Waals surface area contributed by atoms with Gasteiger partial charge in [0, 0.05) is 34.5 Å². The Bertz CT molecular complexity index is 1370. The number of anilines is 1. The third-order valence-corrected chi connectivity index (χ3v) is 6.20. The number of methoxy groups -OCH3 is 1. The van der Waals surface area contributed by atoms with Crippen molar-refractivity contribution in [2.45, 2.75) is 20.5 Å². The first-order valence-electron chi connectivity index (χ1n) is 10.9. The quantitative estimate of drug-likeness (QED) is 0.302. The standard InChI is InChI=1S/C26H24N2O6S/c1-4-32-26(30)34-23-13-27-12-21-18(15-35-24(21)23)14-33-22-11-19(9-8-16(22)2)28-25(29)17-6-5-7-20(10-17)31-3/h5-13,15H,4,14H2,1-3H3,(H,28,29). The lowest BCUT2D eigenvalue weighted by Crippen LogP contribution is -2.12. The Kier molecular flexibility index (Phi) is 7.47. The fourth-order valence-electron chi connectivity index (χ4n) is 3.35. The van der Waals surface area contributed by atoms with Gasteiger partial charge in [0.15, 0.2) is 5.75 Å². The van der Waals surface area contributed by atoms with Crippen molar-refractivity contribution in [2.75, 3.05) is 19.0 Å². The summed E-state index contributed by atoms with van der Waals surface area (Å²) in [5.41, 5.74) is 2.93. The Morgan fingerprint density at radius 3 is 2.74 bits per heavy atom. The Hall–Kier alpha value is -4.11. The maximum Gasteiger partial charge on any atom is 0.513 e. The zero-order chi connectivity index (χ0) is 24.8. The summed E-state index contributed by atoms with van der Waals surface area (Å²) >= 11 is 1.43. The molecule has 0 aliphatic heterocycles. The van der Waals surface area contributed by atoms with Crippen molar-refractivity contribution in [1.82, 2.24) is 4.98 Å². The van der Waals surface area contributed by atoms with Crippen LogP contribution in [0.1, 0.15) is 28.4 Å². The molecule has 0 unspecified atom stereocenters. The molecule has 4 aromatic rings. The van der Waals surface area contributed by atoms with Crippen molar-refractivity contribution in [1.29, 1.82) is 0 Å². The summed E-state index contributed by atoms with van der Waals surface area (Å²) in [6, 6.07) is 12.4. The number of hydrogen-bond acceptors (Lipinski definition) is 8. The minimum Gasteiger partial charge on any atom is -0.497 e. The van der Waals surface area contributed by atoms with Crippen LogP contribution in [0.2, 0.25) is 0 Å². The van der Waals surface area contributed by atoms with Gasteiger partial charge < -0.3 is 24.3 Å². The molecule has 1 amide bonds. The third-order valence-electron chi connectivity index (χ3n) is 5.15. The van der Waals surface area contributed by atoms with Crippen LogP contribution in [0.5, 0.6) is 17.2 Å². The van der Waals surface area contributed by atoms with E-state index in [1.165, 1.54) is 17.5 Å². The summed E-state index contributed by atoms with van der Waals surface area (Å²) in [6.07, 6.45) is 2.43. The van der Waals surface area contributed by atoms with E-state index < -0.39 is 6.16 Å². The van der Waals surface area contributed by atoms with Crippen LogP contribution in [0.15, 0.2) is 60.2 Å². The van der Waals surface area contributed by atoms with Gasteiger partial charge in [0.1, 0.15) is 18.1 Å². The molecule has 2 aromatic heterocycles. The van der Waals surface area contributed by atoms with Gasteiger partial charge in [0.2, 0.25) is 0 Å². The van der Waals surface area contributed by atoms with Crippen LogP contribution in [0.25, 0.3) is 10.1 Å². The van der Waals surface area contributed by atoms with Gasteiger partial charge in [0.05, 0.1) is 24.6 Å². The van der Waals surface area contributed by atoms with Crippen LogP contribution in [-0.4, -0.2) is 30.8 Å². The van der Waals surface area contributed by atoms with Crippen LogP contribution < -0.4 is 19.5 Å². The number of nitrogens with one attached hydrogen (secondary N) is 1. The minimum atomic E-state index is -0.767. The van der Waals surface area contributed by atoms with Crippen molar-refractivity contribution < 1.29 is 28.5 Å². The van der Waals surface area contributed by atoms with Gasteiger partial charge in [-0.1, -0.05) is 12.1 Å². The summed E-state index contributed by atoms with van der Waals surface area (Å²) in [5.74, 6) is 1.34. The number of thiophene rings is 1. The van der Waals surface area contributed by atoms with Gasteiger partial charge in [0.25, 0.3) is 5.91 Å². The molecule has 4 rings (SSSR count). The third kappa shape index (κ3) is 5.70. The monoisotopic (exact) mass is 492 g/mol. The molecule has 9 heteroatoms. The molecule has 0 spiro atoms. The molecule has 0 radical (unpaired) electrons. The van der Waals surface area contributed by atoms with Crippen LogP contribution in [0.3, 0.4) is 0 Å². The van der Waals surface area contributed by atoms with E-state index >= 15 is 0 Å². The van der Waals surface area contributed by atoms with Crippen LogP contribution in [-0.2, 0) is 11.3 Å². The number of carbonyl (C=O) groups excluding carboxylic acids is 2. The van der Waals surface area contributed by atoms with Crippen molar-refractivity contribution in [3.8, 4) is 17.2 Å². The van der Waals surface area contributed by atoms with E-state index in [9.17, 15) is 9.59 Å². The molecular weight excluding hydrogens is 468 g/mol. The average molecular weight is 493 g/mol. The Labute approximate surface area is 206 Å².